The van der Waals surface area contributed by atoms with E-state index in [1.807, 2.05) is 0 Å². The van der Waals surface area contributed by atoms with E-state index in [2.05, 4.69) is 84.0 Å². The number of hydrogen-bond donors (Lipinski definition) is 0. The highest BCUT2D eigenvalue weighted by atomic mass is 16.5. The third-order valence-corrected chi connectivity index (χ3v) is 5.39. The van der Waals surface area contributed by atoms with Gasteiger partial charge in [-0.2, -0.15) is 0 Å². The van der Waals surface area contributed by atoms with E-state index in [9.17, 15) is 0 Å². The molecule has 0 saturated carbocycles. The van der Waals surface area contributed by atoms with E-state index in [0.29, 0.717) is 18.4 Å². The highest BCUT2D eigenvalue weighted by Gasteiger charge is 2.16. The summed E-state index contributed by atoms with van der Waals surface area (Å²) in [6.07, 6.45) is 9.11. The van der Waals surface area contributed by atoms with Crippen LogP contribution in [0.25, 0.3) is 6.08 Å². The lowest BCUT2D eigenvalue weighted by Gasteiger charge is -2.20. The van der Waals surface area contributed by atoms with Crippen molar-refractivity contribution in [1.82, 2.24) is 0 Å². The van der Waals surface area contributed by atoms with E-state index in [4.69, 9.17) is 9.47 Å². The van der Waals surface area contributed by atoms with Crippen molar-refractivity contribution >= 4 is 6.08 Å². The van der Waals surface area contributed by atoms with Crippen molar-refractivity contribution in [3.8, 4) is 11.5 Å². The Bertz CT molecular complexity index is 901. The van der Waals surface area contributed by atoms with Crippen molar-refractivity contribution in [3.63, 3.8) is 0 Å². The SMILES string of the molecule is Cc1ccc(C(C)C)c2c1C=CCO2.Cc1ccc(C(C)C)c2c1OC=CC2. The van der Waals surface area contributed by atoms with Gasteiger partial charge in [-0.15, -0.1) is 0 Å². The third kappa shape index (κ3) is 4.16. The molecule has 0 fully saturated rings. The van der Waals surface area contributed by atoms with Crippen LogP contribution in [0.1, 0.15) is 72.9 Å². The van der Waals surface area contributed by atoms with E-state index >= 15 is 0 Å². The van der Waals surface area contributed by atoms with Gasteiger partial charge in [-0.05, 0) is 66.5 Å². The second-order valence-corrected chi connectivity index (χ2v) is 8.21. The summed E-state index contributed by atoms with van der Waals surface area (Å²) in [7, 11) is 0. The van der Waals surface area contributed by atoms with E-state index in [0.717, 1.165) is 17.9 Å². The van der Waals surface area contributed by atoms with Gasteiger partial charge in [0.2, 0.25) is 0 Å². The molecular formula is C26H32O2. The zero-order valence-corrected chi connectivity index (χ0v) is 18.0. The Hall–Kier alpha value is -2.48. The van der Waals surface area contributed by atoms with Gasteiger partial charge in [0.15, 0.2) is 0 Å². The smallest absolute Gasteiger partial charge is 0.133 e. The van der Waals surface area contributed by atoms with Crippen LogP contribution >= 0.6 is 0 Å². The molecule has 4 rings (SSSR count). The van der Waals surface area contributed by atoms with Gasteiger partial charge in [0.05, 0.1) is 6.26 Å². The van der Waals surface area contributed by atoms with Crippen LogP contribution in [0.15, 0.2) is 42.7 Å². The highest BCUT2D eigenvalue weighted by Crippen LogP contribution is 2.35. The van der Waals surface area contributed by atoms with Crippen molar-refractivity contribution in [2.24, 2.45) is 0 Å². The number of ether oxygens (including phenoxy) is 2. The lowest BCUT2D eigenvalue weighted by Crippen LogP contribution is -2.05. The molecule has 0 bridgehead atoms. The third-order valence-electron chi connectivity index (χ3n) is 5.39. The Morgan fingerprint density at radius 2 is 1.46 bits per heavy atom. The van der Waals surface area contributed by atoms with Gasteiger partial charge in [0, 0.05) is 11.1 Å². The van der Waals surface area contributed by atoms with E-state index in [1.165, 1.54) is 33.4 Å². The summed E-state index contributed by atoms with van der Waals surface area (Å²) in [4.78, 5) is 0. The minimum atomic E-state index is 0.524. The van der Waals surface area contributed by atoms with Gasteiger partial charge < -0.3 is 9.47 Å². The van der Waals surface area contributed by atoms with Gasteiger partial charge >= 0.3 is 0 Å². The van der Waals surface area contributed by atoms with Gasteiger partial charge in [0.25, 0.3) is 0 Å². The van der Waals surface area contributed by atoms with Crippen molar-refractivity contribution in [2.45, 2.75) is 59.8 Å². The Morgan fingerprint density at radius 3 is 2.18 bits per heavy atom. The molecule has 148 valence electrons. The van der Waals surface area contributed by atoms with Crippen molar-refractivity contribution in [3.05, 3.63) is 76.1 Å². The number of hydrogen-bond acceptors (Lipinski definition) is 2. The maximum atomic E-state index is 5.71. The number of allylic oxidation sites excluding steroid dienone is 1. The summed E-state index contributed by atoms with van der Waals surface area (Å²) < 4.78 is 11.3. The first-order valence-electron chi connectivity index (χ1n) is 10.3. The van der Waals surface area contributed by atoms with Gasteiger partial charge in [-0.3, -0.25) is 0 Å². The summed E-state index contributed by atoms with van der Waals surface area (Å²) >= 11 is 0. The normalized spacial score (nSPS) is 14.0. The zero-order valence-electron chi connectivity index (χ0n) is 18.0. The van der Waals surface area contributed by atoms with Crippen LogP contribution in [0.5, 0.6) is 11.5 Å². The van der Waals surface area contributed by atoms with Crippen molar-refractivity contribution < 1.29 is 9.47 Å². The molecule has 2 heteroatoms. The molecule has 28 heavy (non-hydrogen) atoms. The molecule has 2 aliphatic rings. The van der Waals surface area contributed by atoms with Crippen LogP contribution in [-0.4, -0.2) is 6.61 Å². The van der Waals surface area contributed by atoms with Crippen LogP contribution in [0.4, 0.5) is 0 Å². The molecule has 2 aromatic rings. The molecule has 2 nitrogen and oxygen atoms in total. The number of aryl methyl sites for hydroxylation is 2. The largest absolute Gasteiger partial charge is 0.489 e. The predicted molar refractivity (Wildman–Crippen MR) is 119 cm³/mol. The first-order valence-corrected chi connectivity index (χ1v) is 10.3. The summed E-state index contributed by atoms with van der Waals surface area (Å²) in [6.45, 7) is 13.8. The fraction of sp³-hybridized carbons (Fsp3) is 0.385. The first-order chi connectivity index (χ1) is 13.4. The molecule has 0 radical (unpaired) electrons. The molecule has 2 aromatic carbocycles. The highest BCUT2D eigenvalue weighted by molar-refractivity contribution is 5.65. The van der Waals surface area contributed by atoms with E-state index in [1.54, 1.807) is 6.26 Å². The quantitative estimate of drug-likeness (QED) is 0.557. The van der Waals surface area contributed by atoms with Crippen LogP contribution in [-0.2, 0) is 6.42 Å². The fourth-order valence-corrected chi connectivity index (χ4v) is 3.79. The summed E-state index contributed by atoms with van der Waals surface area (Å²) in [5.74, 6) is 3.25. The standard InChI is InChI=1S/2C13H16O/c1-9(2)11-7-6-10(3)13-12(11)5-4-8-14-13;1-9(2)11-7-6-10(3)12-5-4-8-14-13(11)12/h4,6-9H,5H2,1-3H3;4-7,9H,8H2,1-3H3. The van der Waals surface area contributed by atoms with Crippen LogP contribution in [0.3, 0.4) is 0 Å². The molecule has 0 aliphatic carbocycles. The Kier molecular flexibility index (Phi) is 6.28. The van der Waals surface area contributed by atoms with E-state index < -0.39 is 0 Å². The van der Waals surface area contributed by atoms with E-state index in [-0.39, 0.29) is 0 Å². The molecule has 0 spiro atoms. The lowest BCUT2D eigenvalue weighted by atomic mass is 9.92. The molecule has 2 heterocycles. The molecular weight excluding hydrogens is 344 g/mol. The molecule has 0 N–H and O–H groups in total. The van der Waals surface area contributed by atoms with Crippen molar-refractivity contribution in [2.75, 3.05) is 6.61 Å². The monoisotopic (exact) mass is 376 g/mol. The molecule has 0 aromatic heterocycles. The summed E-state index contributed by atoms with van der Waals surface area (Å²) in [5, 5.41) is 0. The number of fused-ring (bicyclic) bond motifs is 2. The average Bonchev–Trinajstić information content (AvgIpc) is 2.69. The summed E-state index contributed by atoms with van der Waals surface area (Å²) in [5.41, 5.74) is 7.86. The number of benzene rings is 2. The van der Waals surface area contributed by atoms with Crippen LogP contribution < -0.4 is 9.47 Å². The zero-order chi connectivity index (χ0) is 20.3. The molecule has 0 unspecified atom stereocenters. The van der Waals surface area contributed by atoms with Gasteiger partial charge in [-0.25, -0.2) is 0 Å². The maximum Gasteiger partial charge on any atom is 0.133 e. The molecule has 2 aliphatic heterocycles. The Labute approximate surface area is 169 Å². The average molecular weight is 377 g/mol. The van der Waals surface area contributed by atoms with Gasteiger partial charge in [0.1, 0.15) is 18.1 Å². The van der Waals surface area contributed by atoms with Gasteiger partial charge in [-0.1, -0.05) is 58.0 Å². The lowest BCUT2D eigenvalue weighted by molar-refractivity contribution is 0.352. The first kappa shape index (κ1) is 20.3. The van der Waals surface area contributed by atoms with Crippen LogP contribution in [0.2, 0.25) is 0 Å². The fourth-order valence-electron chi connectivity index (χ4n) is 3.79. The minimum absolute atomic E-state index is 0.524. The van der Waals surface area contributed by atoms with Crippen LogP contribution in [0, 0.1) is 13.8 Å². The maximum absolute atomic E-state index is 5.71. The Morgan fingerprint density at radius 1 is 0.786 bits per heavy atom. The second-order valence-electron chi connectivity index (χ2n) is 8.21. The predicted octanol–water partition coefficient (Wildman–Crippen LogP) is 7.09. The molecule has 0 saturated heterocycles. The Balaban J connectivity index is 0.000000161. The summed E-state index contributed by atoms with van der Waals surface area (Å²) in [6, 6.07) is 8.72. The second kappa shape index (κ2) is 8.68. The molecule has 0 atom stereocenters. The number of rotatable bonds is 2. The minimum Gasteiger partial charge on any atom is -0.489 e. The topological polar surface area (TPSA) is 18.5 Å². The molecule has 0 amide bonds. The van der Waals surface area contributed by atoms with Crippen molar-refractivity contribution in [1.29, 1.82) is 0 Å².